The first-order valence-corrected chi connectivity index (χ1v) is 5.99. The van der Waals surface area contributed by atoms with E-state index in [0.29, 0.717) is 9.50 Å². The van der Waals surface area contributed by atoms with Gasteiger partial charge in [-0.15, -0.1) is 0 Å². The number of halogens is 2. The van der Waals surface area contributed by atoms with Crippen molar-refractivity contribution in [2.75, 3.05) is 13.2 Å². The van der Waals surface area contributed by atoms with E-state index in [4.69, 9.17) is 16.3 Å². The van der Waals surface area contributed by atoms with Crippen molar-refractivity contribution < 1.29 is 19.1 Å². The third-order valence-corrected chi connectivity index (χ3v) is 2.70. The Morgan fingerprint density at radius 2 is 2.06 bits per heavy atom. The highest BCUT2D eigenvalue weighted by molar-refractivity contribution is 9.10. The zero-order valence-electron chi connectivity index (χ0n) is 9.04. The molecule has 0 saturated heterocycles. The summed E-state index contributed by atoms with van der Waals surface area (Å²) in [7, 11) is 0. The lowest BCUT2D eigenvalue weighted by atomic mass is 10.2. The minimum Gasteiger partial charge on any atom is -0.463 e. The third-order valence-electron chi connectivity index (χ3n) is 1.77. The second-order valence-corrected chi connectivity index (χ2v) is 4.30. The number of carbonyl (C=O) groups is 2. The first-order chi connectivity index (χ1) is 8.04. The Labute approximate surface area is 112 Å². The molecule has 0 atom stereocenters. The van der Waals surface area contributed by atoms with Crippen molar-refractivity contribution in [2.45, 2.75) is 6.92 Å². The molecule has 0 heterocycles. The second-order valence-electron chi connectivity index (χ2n) is 3.01. The summed E-state index contributed by atoms with van der Waals surface area (Å²) in [5, 5.41) is 0.413. The fourth-order valence-corrected chi connectivity index (χ4v) is 1.64. The van der Waals surface area contributed by atoms with E-state index < -0.39 is 18.5 Å². The van der Waals surface area contributed by atoms with Gasteiger partial charge in [0.25, 0.3) is 0 Å². The van der Waals surface area contributed by atoms with Gasteiger partial charge in [0.1, 0.15) is 0 Å². The van der Waals surface area contributed by atoms with Gasteiger partial charge in [0.2, 0.25) is 0 Å². The lowest BCUT2D eigenvalue weighted by Crippen LogP contribution is -2.16. The van der Waals surface area contributed by atoms with Crippen LogP contribution in [0.5, 0.6) is 0 Å². The normalized spacial score (nSPS) is 9.82. The molecule has 0 aliphatic carbocycles. The van der Waals surface area contributed by atoms with Gasteiger partial charge in [-0.25, -0.2) is 9.59 Å². The lowest BCUT2D eigenvalue weighted by molar-refractivity contribution is -0.146. The van der Waals surface area contributed by atoms with Crippen molar-refractivity contribution in [3.63, 3.8) is 0 Å². The van der Waals surface area contributed by atoms with Crippen molar-refractivity contribution in [1.82, 2.24) is 0 Å². The van der Waals surface area contributed by atoms with E-state index in [1.165, 1.54) is 6.07 Å². The lowest BCUT2D eigenvalue weighted by Gasteiger charge is -2.06. The summed E-state index contributed by atoms with van der Waals surface area (Å²) in [6.45, 7) is 1.51. The van der Waals surface area contributed by atoms with Crippen LogP contribution in [0.4, 0.5) is 0 Å². The molecule has 1 rings (SSSR count). The van der Waals surface area contributed by atoms with E-state index in [1.807, 2.05) is 0 Å². The fourth-order valence-electron chi connectivity index (χ4n) is 1.06. The molecule has 0 bridgehead atoms. The number of hydrogen-bond donors (Lipinski definition) is 0. The minimum absolute atomic E-state index is 0.247. The van der Waals surface area contributed by atoms with Gasteiger partial charge in [0.05, 0.1) is 12.2 Å². The molecule has 0 aliphatic heterocycles. The molecular formula is C11H10BrClO4. The topological polar surface area (TPSA) is 52.6 Å². The Morgan fingerprint density at radius 3 is 2.71 bits per heavy atom. The van der Waals surface area contributed by atoms with Crippen LogP contribution in [-0.4, -0.2) is 25.2 Å². The van der Waals surface area contributed by atoms with Gasteiger partial charge in [0.15, 0.2) is 6.61 Å². The molecule has 4 nitrogen and oxygen atoms in total. The predicted molar refractivity (Wildman–Crippen MR) is 66.1 cm³/mol. The highest BCUT2D eigenvalue weighted by atomic mass is 79.9. The minimum atomic E-state index is -0.632. The summed E-state index contributed by atoms with van der Waals surface area (Å²) in [4.78, 5) is 22.6. The number of ether oxygens (including phenoxy) is 2. The average molecular weight is 322 g/mol. The Bertz CT molecular complexity index is 433. The Hall–Kier alpha value is -1.07. The predicted octanol–water partition coefficient (Wildman–Crippen LogP) is 2.82. The summed E-state index contributed by atoms with van der Waals surface area (Å²) >= 11 is 8.95. The fraction of sp³-hybridized carbons (Fsp3) is 0.273. The summed E-state index contributed by atoms with van der Waals surface area (Å²) < 4.78 is 9.96. The summed E-state index contributed by atoms with van der Waals surface area (Å²) in [5.41, 5.74) is 0.266. The standard InChI is InChI=1S/C11H10BrClO4/c1-2-16-10(14)6-17-11(15)8-5-7(13)3-4-9(8)12/h3-5H,2,6H2,1H3. The summed E-state index contributed by atoms with van der Waals surface area (Å²) in [5.74, 6) is -1.22. The van der Waals surface area contributed by atoms with Crippen molar-refractivity contribution in [3.8, 4) is 0 Å². The molecule has 1 aromatic rings. The molecule has 0 spiro atoms. The number of rotatable bonds is 4. The van der Waals surface area contributed by atoms with Crippen molar-refractivity contribution in [2.24, 2.45) is 0 Å². The van der Waals surface area contributed by atoms with Crippen molar-refractivity contribution in [3.05, 3.63) is 33.3 Å². The van der Waals surface area contributed by atoms with Crippen LogP contribution in [-0.2, 0) is 14.3 Å². The average Bonchev–Trinajstić information content (AvgIpc) is 2.29. The van der Waals surface area contributed by atoms with E-state index in [0.717, 1.165) is 0 Å². The van der Waals surface area contributed by atoms with E-state index in [2.05, 4.69) is 20.7 Å². The van der Waals surface area contributed by atoms with Gasteiger partial charge >= 0.3 is 11.9 Å². The molecule has 0 aliphatic rings. The maximum Gasteiger partial charge on any atom is 0.344 e. The number of esters is 2. The van der Waals surface area contributed by atoms with E-state index in [9.17, 15) is 9.59 Å². The molecule has 6 heteroatoms. The molecule has 0 N–H and O–H groups in total. The SMILES string of the molecule is CCOC(=O)COC(=O)c1cc(Cl)ccc1Br. The Morgan fingerprint density at radius 1 is 1.35 bits per heavy atom. The van der Waals surface area contributed by atoms with Crippen LogP contribution in [0.25, 0.3) is 0 Å². The molecule has 0 saturated carbocycles. The smallest absolute Gasteiger partial charge is 0.344 e. The first kappa shape index (κ1) is 14.0. The molecule has 0 radical (unpaired) electrons. The molecule has 0 fully saturated rings. The van der Waals surface area contributed by atoms with Gasteiger partial charge in [-0.1, -0.05) is 11.6 Å². The summed E-state index contributed by atoms with van der Waals surface area (Å²) in [6, 6.07) is 4.72. The molecule has 0 amide bonds. The summed E-state index contributed by atoms with van der Waals surface area (Å²) in [6.07, 6.45) is 0. The first-order valence-electron chi connectivity index (χ1n) is 4.82. The number of carbonyl (C=O) groups excluding carboxylic acids is 2. The Balaban J connectivity index is 2.64. The van der Waals surface area contributed by atoms with Crippen LogP contribution in [0.3, 0.4) is 0 Å². The quantitative estimate of drug-likeness (QED) is 0.800. The molecule has 0 aromatic heterocycles. The molecule has 0 unspecified atom stereocenters. The van der Waals surface area contributed by atoms with Crippen LogP contribution in [0, 0.1) is 0 Å². The van der Waals surface area contributed by atoms with Gasteiger partial charge in [-0.05, 0) is 41.1 Å². The van der Waals surface area contributed by atoms with Crippen molar-refractivity contribution >= 4 is 39.5 Å². The highest BCUT2D eigenvalue weighted by Crippen LogP contribution is 2.21. The third kappa shape index (κ3) is 4.36. The van der Waals surface area contributed by atoms with Gasteiger partial charge in [-0.3, -0.25) is 0 Å². The van der Waals surface area contributed by atoms with Gasteiger partial charge < -0.3 is 9.47 Å². The van der Waals surface area contributed by atoms with E-state index >= 15 is 0 Å². The maximum absolute atomic E-state index is 11.6. The number of benzene rings is 1. The van der Waals surface area contributed by atoms with Gasteiger partial charge in [-0.2, -0.15) is 0 Å². The van der Waals surface area contributed by atoms with E-state index in [-0.39, 0.29) is 12.2 Å². The molecule has 1 aromatic carbocycles. The molecule has 17 heavy (non-hydrogen) atoms. The van der Waals surface area contributed by atoms with Crippen LogP contribution >= 0.6 is 27.5 Å². The van der Waals surface area contributed by atoms with Gasteiger partial charge in [0, 0.05) is 9.50 Å². The van der Waals surface area contributed by atoms with E-state index in [1.54, 1.807) is 19.1 Å². The monoisotopic (exact) mass is 320 g/mol. The Kier molecular flexibility index (Phi) is 5.44. The zero-order valence-corrected chi connectivity index (χ0v) is 11.4. The number of hydrogen-bond acceptors (Lipinski definition) is 4. The zero-order chi connectivity index (χ0) is 12.8. The highest BCUT2D eigenvalue weighted by Gasteiger charge is 2.14. The maximum atomic E-state index is 11.6. The molecule has 92 valence electrons. The van der Waals surface area contributed by atoms with Crippen LogP contribution in [0.2, 0.25) is 5.02 Å². The van der Waals surface area contributed by atoms with Crippen LogP contribution in [0.1, 0.15) is 17.3 Å². The largest absolute Gasteiger partial charge is 0.463 e. The second kappa shape index (κ2) is 6.61. The van der Waals surface area contributed by atoms with Crippen LogP contribution < -0.4 is 0 Å². The van der Waals surface area contributed by atoms with Crippen LogP contribution in [0.15, 0.2) is 22.7 Å². The van der Waals surface area contributed by atoms with Crippen molar-refractivity contribution in [1.29, 1.82) is 0 Å². The molecular weight excluding hydrogens is 311 g/mol.